The molecule has 146 valence electrons. The summed E-state index contributed by atoms with van der Waals surface area (Å²) < 4.78 is 10.7. The molecule has 2 aromatic carbocycles. The molecule has 0 aliphatic rings. The molecule has 0 saturated carbocycles. The van der Waals surface area contributed by atoms with Crippen LogP contribution in [-0.4, -0.2) is 35.3 Å². The molecule has 0 bridgehead atoms. The number of ether oxygens (including phenoxy) is 2. The van der Waals surface area contributed by atoms with Gasteiger partial charge in [0.05, 0.1) is 12.1 Å². The number of methoxy groups -OCH3 is 1. The first-order chi connectivity index (χ1) is 14.2. The molecule has 0 unspecified atom stereocenters. The zero-order valence-electron chi connectivity index (χ0n) is 16.2. The minimum atomic E-state index is 0.465. The van der Waals surface area contributed by atoms with E-state index in [-0.39, 0.29) is 0 Å². The summed E-state index contributed by atoms with van der Waals surface area (Å²) in [5, 5.41) is 0.850. The van der Waals surface area contributed by atoms with Crippen LogP contribution in [0.25, 0.3) is 22.3 Å². The Morgan fingerprint density at radius 2 is 1.83 bits per heavy atom. The molecule has 0 atom stereocenters. The first-order valence-electron chi connectivity index (χ1n) is 9.40. The van der Waals surface area contributed by atoms with Gasteiger partial charge in [-0.25, -0.2) is 9.97 Å². The third-order valence-corrected chi connectivity index (χ3v) is 4.57. The van der Waals surface area contributed by atoms with Gasteiger partial charge in [0.15, 0.2) is 5.82 Å². The van der Waals surface area contributed by atoms with Crippen molar-refractivity contribution in [1.82, 2.24) is 15.0 Å². The number of fused-ring (bicyclic) bond motifs is 1. The second-order valence-electron chi connectivity index (χ2n) is 6.69. The Morgan fingerprint density at radius 1 is 0.931 bits per heavy atom. The van der Waals surface area contributed by atoms with Crippen LogP contribution in [0.1, 0.15) is 11.1 Å². The van der Waals surface area contributed by atoms with Crippen molar-refractivity contribution in [2.75, 3.05) is 26.1 Å². The predicted molar refractivity (Wildman–Crippen MR) is 114 cm³/mol. The summed E-state index contributed by atoms with van der Waals surface area (Å²) in [4.78, 5) is 13.2. The lowest BCUT2D eigenvalue weighted by Gasteiger charge is -2.09. The number of hydrogen-bond donors (Lipinski definition) is 1. The largest absolute Gasteiger partial charge is 0.491 e. The number of rotatable bonds is 7. The van der Waals surface area contributed by atoms with Crippen LogP contribution in [0.3, 0.4) is 0 Å². The van der Waals surface area contributed by atoms with Crippen molar-refractivity contribution >= 4 is 16.7 Å². The molecular formula is C23H22N4O2. The monoisotopic (exact) mass is 386 g/mol. The molecule has 2 heterocycles. The van der Waals surface area contributed by atoms with Gasteiger partial charge in [0.25, 0.3) is 0 Å². The Labute approximate surface area is 169 Å². The molecule has 2 aromatic heterocycles. The van der Waals surface area contributed by atoms with Crippen LogP contribution in [-0.2, 0) is 11.2 Å². The standard InChI is InChI=1S/C23H22N4O2/c1-28-10-11-29-19-6-2-4-16(13-19)12-17-7-8-21-20(14-17)22(24)27-23(26-21)18-5-3-9-25-15-18/h2-9,13-15H,10-12H2,1H3,(H2,24,26,27). The van der Waals surface area contributed by atoms with Crippen LogP contribution >= 0.6 is 0 Å². The van der Waals surface area contributed by atoms with Crippen LogP contribution in [0, 0.1) is 0 Å². The summed E-state index contributed by atoms with van der Waals surface area (Å²) >= 11 is 0. The molecule has 0 aliphatic heterocycles. The molecule has 29 heavy (non-hydrogen) atoms. The molecule has 4 rings (SSSR count). The second-order valence-corrected chi connectivity index (χ2v) is 6.69. The van der Waals surface area contributed by atoms with E-state index >= 15 is 0 Å². The average Bonchev–Trinajstić information content (AvgIpc) is 2.75. The Balaban J connectivity index is 1.58. The Morgan fingerprint density at radius 3 is 2.66 bits per heavy atom. The number of nitrogens with zero attached hydrogens (tertiary/aromatic N) is 3. The normalized spacial score (nSPS) is 10.9. The number of benzene rings is 2. The molecule has 0 spiro atoms. The second kappa shape index (κ2) is 8.67. The predicted octanol–water partition coefficient (Wildman–Crippen LogP) is 3.89. The highest BCUT2D eigenvalue weighted by Gasteiger charge is 2.09. The summed E-state index contributed by atoms with van der Waals surface area (Å²) in [5.41, 5.74) is 10.2. The van der Waals surface area contributed by atoms with Crippen molar-refractivity contribution in [2.45, 2.75) is 6.42 Å². The van der Waals surface area contributed by atoms with Crippen molar-refractivity contribution in [3.8, 4) is 17.1 Å². The van der Waals surface area contributed by atoms with Crippen molar-refractivity contribution in [3.63, 3.8) is 0 Å². The maximum absolute atomic E-state index is 6.25. The van der Waals surface area contributed by atoms with Crippen molar-refractivity contribution in [2.24, 2.45) is 0 Å². The fourth-order valence-corrected chi connectivity index (χ4v) is 3.16. The van der Waals surface area contributed by atoms with Gasteiger partial charge in [-0.15, -0.1) is 0 Å². The lowest BCUT2D eigenvalue weighted by Crippen LogP contribution is -2.04. The zero-order chi connectivity index (χ0) is 20.1. The number of pyridine rings is 1. The van der Waals surface area contributed by atoms with E-state index in [4.69, 9.17) is 15.2 Å². The van der Waals surface area contributed by atoms with E-state index in [2.05, 4.69) is 33.2 Å². The van der Waals surface area contributed by atoms with E-state index < -0.39 is 0 Å². The van der Waals surface area contributed by atoms with E-state index in [1.54, 1.807) is 19.5 Å². The van der Waals surface area contributed by atoms with Crippen molar-refractivity contribution < 1.29 is 9.47 Å². The third-order valence-electron chi connectivity index (χ3n) is 4.57. The third kappa shape index (κ3) is 4.50. The van der Waals surface area contributed by atoms with Crippen LogP contribution in [0.2, 0.25) is 0 Å². The summed E-state index contributed by atoms with van der Waals surface area (Å²) in [6.45, 7) is 1.10. The summed E-state index contributed by atoms with van der Waals surface area (Å²) in [5.74, 6) is 1.88. The lowest BCUT2D eigenvalue weighted by molar-refractivity contribution is 0.146. The maximum atomic E-state index is 6.25. The molecule has 0 amide bonds. The van der Waals surface area contributed by atoms with Crippen LogP contribution < -0.4 is 10.5 Å². The van der Waals surface area contributed by atoms with Gasteiger partial charge in [-0.1, -0.05) is 18.2 Å². The van der Waals surface area contributed by atoms with Crippen LogP contribution in [0.4, 0.5) is 5.82 Å². The van der Waals surface area contributed by atoms with E-state index in [0.717, 1.165) is 39.8 Å². The molecular weight excluding hydrogens is 364 g/mol. The van der Waals surface area contributed by atoms with Gasteiger partial charge in [-0.3, -0.25) is 4.98 Å². The molecule has 0 saturated heterocycles. The molecule has 2 N–H and O–H groups in total. The highest BCUT2D eigenvalue weighted by Crippen LogP contribution is 2.25. The quantitative estimate of drug-likeness (QED) is 0.485. The Kier molecular flexibility index (Phi) is 5.63. The highest BCUT2D eigenvalue weighted by molar-refractivity contribution is 5.90. The van der Waals surface area contributed by atoms with E-state index in [1.807, 2.05) is 36.4 Å². The summed E-state index contributed by atoms with van der Waals surface area (Å²) in [6, 6.07) is 18.0. The van der Waals surface area contributed by atoms with Crippen molar-refractivity contribution in [1.29, 1.82) is 0 Å². The van der Waals surface area contributed by atoms with Gasteiger partial charge in [-0.2, -0.15) is 0 Å². The number of aromatic nitrogens is 3. The first-order valence-corrected chi connectivity index (χ1v) is 9.40. The fourth-order valence-electron chi connectivity index (χ4n) is 3.16. The van der Waals surface area contributed by atoms with E-state index in [1.165, 1.54) is 0 Å². The van der Waals surface area contributed by atoms with Gasteiger partial charge < -0.3 is 15.2 Å². The average molecular weight is 386 g/mol. The van der Waals surface area contributed by atoms with Crippen LogP contribution in [0.15, 0.2) is 67.0 Å². The van der Waals surface area contributed by atoms with E-state index in [0.29, 0.717) is 24.9 Å². The van der Waals surface area contributed by atoms with Gasteiger partial charge >= 0.3 is 0 Å². The minimum Gasteiger partial charge on any atom is -0.491 e. The number of nitrogen functional groups attached to an aromatic ring is 1. The summed E-state index contributed by atoms with van der Waals surface area (Å²) in [7, 11) is 1.66. The van der Waals surface area contributed by atoms with Crippen molar-refractivity contribution in [3.05, 3.63) is 78.1 Å². The minimum absolute atomic E-state index is 0.465. The summed E-state index contributed by atoms with van der Waals surface area (Å²) in [6.07, 6.45) is 4.22. The molecule has 6 heteroatoms. The molecule has 4 aromatic rings. The first kappa shape index (κ1) is 18.8. The zero-order valence-corrected chi connectivity index (χ0v) is 16.2. The smallest absolute Gasteiger partial charge is 0.163 e. The van der Waals surface area contributed by atoms with E-state index in [9.17, 15) is 0 Å². The Bertz CT molecular complexity index is 1120. The van der Waals surface area contributed by atoms with Gasteiger partial charge in [-0.05, 0) is 53.9 Å². The van der Waals surface area contributed by atoms with Gasteiger partial charge in [0.2, 0.25) is 0 Å². The number of hydrogen-bond acceptors (Lipinski definition) is 6. The maximum Gasteiger partial charge on any atom is 0.163 e. The van der Waals surface area contributed by atoms with Gasteiger partial charge in [0.1, 0.15) is 18.2 Å². The Hall–Kier alpha value is -3.51. The topological polar surface area (TPSA) is 83.2 Å². The number of nitrogens with two attached hydrogens (primary N) is 1. The SMILES string of the molecule is COCCOc1cccc(Cc2ccc3nc(-c4cccnc4)nc(N)c3c2)c1. The lowest BCUT2D eigenvalue weighted by atomic mass is 10.0. The molecule has 0 fully saturated rings. The fraction of sp³-hybridized carbons (Fsp3) is 0.174. The molecule has 6 nitrogen and oxygen atoms in total. The molecule has 0 aliphatic carbocycles. The molecule has 0 radical (unpaired) electrons. The van der Waals surface area contributed by atoms with Crippen LogP contribution in [0.5, 0.6) is 5.75 Å². The van der Waals surface area contributed by atoms with Gasteiger partial charge in [0, 0.05) is 30.5 Å². The number of anilines is 1. The highest BCUT2D eigenvalue weighted by atomic mass is 16.5.